The number of aromatic nitrogens is 3. The predicted octanol–water partition coefficient (Wildman–Crippen LogP) is 2.98. The fraction of sp³-hybridized carbons (Fsp3) is 0.538. The van der Waals surface area contributed by atoms with E-state index in [1.807, 2.05) is 12.1 Å². The van der Waals surface area contributed by atoms with Crippen LogP contribution in [0.3, 0.4) is 0 Å². The Labute approximate surface area is 111 Å². The SMILES string of the molecule is COc1ccc2nc(CCl)n(CC3(C)CC3)c2n1. The van der Waals surface area contributed by atoms with Crippen molar-refractivity contribution >= 4 is 22.8 Å². The van der Waals surface area contributed by atoms with Crippen LogP contribution in [-0.4, -0.2) is 21.6 Å². The number of hydrogen-bond donors (Lipinski definition) is 0. The number of alkyl halides is 1. The molecule has 0 bridgehead atoms. The van der Waals surface area contributed by atoms with Crippen LogP contribution in [0.4, 0.5) is 0 Å². The van der Waals surface area contributed by atoms with Crippen LogP contribution in [0.1, 0.15) is 25.6 Å². The number of pyridine rings is 1. The Morgan fingerprint density at radius 2 is 2.17 bits per heavy atom. The van der Waals surface area contributed by atoms with Gasteiger partial charge >= 0.3 is 0 Å². The van der Waals surface area contributed by atoms with Gasteiger partial charge in [-0.05, 0) is 24.3 Å². The molecule has 0 radical (unpaired) electrons. The molecule has 96 valence electrons. The van der Waals surface area contributed by atoms with E-state index in [9.17, 15) is 0 Å². The maximum atomic E-state index is 5.98. The maximum Gasteiger partial charge on any atom is 0.215 e. The van der Waals surface area contributed by atoms with Gasteiger partial charge in [-0.2, -0.15) is 4.98 Å². The third-order valence-corrected chi connectivity index (χ3v) is 3.86. The fourth-order valence-corrected chi connectivity index (χ4v) is 2.37. The number of ether oxygens (including phenoxy) is 1. The number of hydrogen-bond acceptors (Lipinski definition) is 3. The summed E-state index contributed by atoms with van der Waals surface area (Å²) in [6, 6.07) is 3.76. The topological polar surface area (TPSA) is 39.9 Å². The molecule has 5 heteroatoms. The first-order valence-electron chi connectivity index (χ1n) is 6.11. The minimum Gasteiger partial charge on any atom is -0.481 e. The van der Waals surface area contributed by atoms with E-state index in [1.165, 1.54) is 12.8 Å². The highest BCUT2D eigenvalue weighted by atomic mass is 35.5. The van der Waals surface area contributed by atoms with E-state index >= 15 is 0 Å². The van der Waals surface area contributed by atoms with E-state index in [1.54, 1.807) is 7.11 Å². The second-order valence-electron chi connectivity index (χ2n) is 5.25. The summed E-state index contributed by atoms with van der Waals surface area (Å²) in [7, 11) is 1.62. The van der Waals surface area contributed by atoms with Crippen molar-refractivity contribution in [2.24, 2.45) is 5.41 Å². The van der Waals surface area contributed by atoms with Gasteiger partial charge in [-0.3, -0.25) is 0 Å². The molecule has 0 amide bonds. The van der Waals surface area contributed by atoms with Crippen molar-refractivity contribution in [2.75, 3.05) is 7.11 Å². The zero-order valence-corrected chi connectivity index (χ0v) is 11.4. The van der Waals surface area contributed by atoms with E-state index in [0.717, 1.165) is 23.5 Å². The van der Waals surface area contributed by atoms with Crippen LogP contribution in [0.25, 0.3) is 11.2 Å². The molecule has 0 spiro atoms. The number of nitrogens with zero attached hydrogens (tertiary/aromatic N) is 3. The first kappa shape index (κ1) is 11.8. The molecule has 4 nitrogen and oxygen atoms in total. The lowest BCUT2D eigenvalue weighted by molar-refractivity contribution is 0.397. The van der Waals surface area contributed by atoms with Gasteiger partial charge in [0.05, 0.1) is 13.0 Å². The molecule has 0 saturated heterocycles. The van der Waals surface area contributed by atoms with Gasteiger partial charge in [-0.25, -0.2) is 4.98 Å². The van der Waals surface area contributed by atoms with Crippen molar-refractivity contribution in [3.05, 3.63) is 18.0 Å². The zero-order valence-electron chi connectivity index (χ0n) is 10.6. The van der Waals surface area contributed by atoms with Crippen LogP contribution in [0.15, 0.2) is 12.1 Å². The van der Waals surface area contributed by atoms with Gasteiger partial charge in [-0.1, -0.05) is 6.92 Å². The minimum absolute atomic E-state index is 0.388. The predicted molar refractivity (Wildman–Crippen MR) is 71.0 cm³/mol. The highest BCUT2D eigenvalue weighted by Crippen LogP contribution is 2.47. The van der Waals surface area contributed by atoms with Crippen molar-refractivity contribution < 1.29 is 4.74 Å². The van der Waals surface area contributed by atoms with Crippen molar-refractivity contribution in [1.29, 1.82) is 0 Å². The van der Waals surface area contributed by atoms with E-state index in [-0.39, 0.29) is 0 Å². The number of methoxy groups -OCH3 is 1. The van der Waals surface area contributed by atoms with Crippen molar-refractivity contribution in [2.45, 2.75) is 32.2 Å². The quantitative estimate of drug-likeness (QED) is 0.798. The Balaban J connectivity index is 2.12. The molecule has 1 fully saturated rings. The molecule has 1 aliphatic rings. The monoisotopic (exact) mass is 265 g/mol. The van der Waals surface area contributed by atoms with Crippen LogP contribution in [-0.2, 0) is 12.4 Å². The Kier molecular flexibility index (Phi) is 2.70. The highest BCUT2D eigenvalue weighted by molar-refractivity contribution is 6.16. The lowest BCUT2D eigenvalue weighted by Gasteiger charge is -2.12. The molecule has 1 aliphatic carbocycles. The van der Waals surface area contributed by atoms with E-state index in [4.69, 9.17) is 16.3 Å². The molecule has 2 heterocycles. The van der Waals surface area contributed by atoms with Crippen molar-refractivity contribution in [3.63, 3.8) is 0 Å². The summed E-state index contributed by atoms with van der Waals surface area (Å²) < 4.78 is 7.32. The molecular weight excluding hydrogens is 250 g/mol. The lowest BCUT2D eigenvalue weighted by Crippen LogP contribution is -2.11. The van der Waals surface area contributed by atoms with Gasteiger partial charge in [0.1, 0.15) is 11.3 Å². The van der Waals surface area contributed by atoms with Gasteiger partial charge < -0.3 is 9.30 Å². The number of rotatable bonds is 4. The highest BCUT2D eigenvalue weighted by Gasteiger charge is 2.38. The lowest BCUT2D eigenvalue weighted by atomic mass is 10.1. The average Bonchev–Trinajstić information content (AvgIpc) is 3.01. The molecule has 0 aliphatic heterocycles. The van der Waals surface area contributed by atoms with Gasteiger partial charge in [0.2, 0.25) is 5.88 Å². The summed E-state index contributed by atoms with van der Waals surface area (Å²) in [6.07, 6.45) is 2.52. The van der Waals surface area contributed by atoms with Crippen LogP contribution in [0, 0.1) is 5.41 Å². The fourth-order valence-electron chi connectivity index (χ4n) is 2.17. The van der Waals surface area contributed by atoms with Crippen LogP contribution < -0.4 is 4.74 Å². The molecule has 2 aromatic heterocycles. The summed E-state index contributed by atoms with van der Waals surface area (Å²) in [5.41, 5.74) is 2.15. The summed E-state index contributed by atoms with van der Waals surface area (Å²) >= 11 is 5.98. The Bertz CT molecular complexity index is 589. The number of halogens is 1. The summed E-state index contributed by atoms with van der Waals surface area (Å²) in [6.45, 7) is 3.22. The third kappa shape index (κ3) is 1.94. The van der Waals surface area contributed by atoms with Gasteiger partial charge in [0.25, 0.3) is 0 Å². The van der Waals surface area contributed by atoms with E-state index in [2.05, 4.69) is 21.5 Å². The molecule has 18 heavy (non-hydrogen) atoms. The summed E-state index contributed by atoms with van der Waals surface area (Å²) in [5, 5.41) is 0. The third-order valence-electron chi connectivity index (χ3n) is 3.62. The molecule has 1 saturated carbocycles. The molecule has 2 aromatic rings. The van der Waals surface area contributed by atoms with Crippen molar-refractivity contribution in [3.8, 4) is 5.88 Å². The normalized spacial score (nSPS) is 17.1. The first-order valence-corrected chi connectivity index (χ1v) is 6.65. The molecule has 0 atom stereocenters. The van der Waals surface area contributed by atoms with Crippen molar-refractivity contribution in [1.82, 2.24) is 14.5 Å². The largest absolute Gasteiger partial charge is 0.481 e. The van der Waals surface area contributed by atoms with E-state index in [0.29, 0.717) is 17.2 Å². The maximum absolute atomic E-state index is 5.98. The van der Waals surface area contributed by atoms with Crippen LogP contribution in [0.5, 0.6) is 5.88 Å². The Hall–Kier alpha value is -1.29. The first-order chi connectivity index (χ1) is 8.65. The standard InChI is InChI=1S/C13H16ClN3O/c1-13(5-6-13)8-17-10(7-14)15-9-3-4-11(18-2)16-12(9)17/h3-4H,5-8H2,1-2H3. The average molecular weight is 266 g/mol. The number of imidazole rings is 1. The molecule has 0 unspecified atom stereocenters. The van der Waals surface area contributed by atoms with Gasteiger partial charge in [-0.15, -0.1) is 11.6 Å². The van der Waals surface area contributed by atoms with Gasteiger partial charge in [0.15, 0.2) is 5.65 Å². The Morgan fingerprint density at radius 3 is 2.78 bits per heavy atom. The number of fused-ring (bicyclic) bond motifs is 1. The second kappa shape index (κ2) is 4.12. The smallest absolute Gasteiger partial charge is 0.215 e. The summed E-state index contributed by atoms with van der Waals surface area (Å²) in [5.74, 6) is 1.92. The summed E-state index contributed by atoms with van der Waals surface area (Å²) in [4.78, 5) is 9.03. The van der Waals surface area contributed by atoms with Crippen LogP contribution in [0.2, 0.25) is 0 Å². The van der Waals surface area contributed by atoms with Crippen LogP contribution >= 0.6 is 11.6 Å². The molecule has 0 N–H and O–H groups in total. The zero-order chi connectivity index (χ0) is 12.8. The molecular formula is C13H16ClN3O. The van der Waals surface area contributed by atoms with Gasteiger partial charge in [0, 0.05) is 12.6 Å². The second-order valence-corrected chi connectivity index (χ2v) is 5.52. The Morgan fingerprint density at radius 1 is 1.39 bits per heavy atom. The van der Waals surface area contributed by atoms with E-state index < -0.39 is 0 Å². The minimum atomic E-state index is 0.388. The molecule has 3 rings (SSSR count). The molecule has 0 aromatic carbocycles.